The molecule has 0 aromatic heterocycles. The first-order valence-electron chi connectivity index (χ1n) is 6.31. The van der Waals surface area contributed by atoms with E-state index in [0.29, 0.717) is 5.75 Å². The van der Waals surface area contributed by atoms with E-state index in [0.717, 1.165) is 0 Å². The molecule has 0 aliphatic rings. The van der Waals surface area contributed by atoms with Crippen molar-refractivity contribution >= 4 is 29.7 Å². The summed E-state index contributed by atoms with van der Waals surface area (Å²) >= 11 is 1.27. The van der Waals surface area contributed by atoms with Crippen molar-refractivity contribution in [1.29, 1.82) is 0 Å². The molecule has 0 spiro atoms. The predicted molar refractivity (Wildman–Crippen MR) is 78.8 cm³/mol. The highest BCUT2D eigenvalue weighted by Crippen LogP contribution is 2.11. The maximum absolute atomic E-state index is 11.6. The number of carbonyl (C=O) groups is 3. The minimum absolute atomic E-state index is 0.0263. The van der Waals surface area contributed by atoms with Crippen LogP contribution < -0.4 is 5.73 Å². The van der Waals surface area contributed by atoms with E-state index in [9.17, 15) is 14.4 Å². The summed E-state index contributed by atoms with van der Waals surface area (Å²) in [6, 6.07) is -0.945. The Hall–Kier alpha value is -1.54. The lowest BCUT2D eigenvalue weighted by molar-refractivity contribution is -0.152. The first-order valence-corrected chi connectivity index (χ1v) is 7.46. The number of aliphatic carboxylic acids is 1. The van der Waals surface area contributed by atoms with Crippen LogP contribution >= 0.6 is 11.8 Å². The fraction of sp³-hybridized carbons (Fsp3) is 0.615. The number of carboxylic acids is 1. The second kappa shape index (κ2) is 10.2. The van der Waals surface area contributed by atoms with Crippen molar-refractivity contribution < 1.29 is 29.0 Å². The second-order valence-electron chi connectivity index (χ2n) is 4.47. The zero-order chi connectivity index (χ0) is 16.4. The Kier molecular flexibility index (Phi) is 9.48. The zero-order valence-electron chi connectivity index (χ0n) is 12.2. The number of thioether (sulfide) groups is 1. The average Bonchev–Trinajstić information content (AvgIpc) is 2.42. The van der Waals surface area contributed by atoms with Gasteiger partial charge in [0.25, 0.3) is 0 Å². The molecule has 0 aromatic carbocycles. The van der Waals surface area contributed by atoms with Crippen LogP contribution in [0.2, 0.25) is 0 Å². The number of nitrogens with two attached hydrogens (primary N) is 1. The quantitative estimate of drug-likeness (QED) is 0.338. The van der Waals surface area contributed by atoms with Crippen LogP contribution in [0.1, 0.15) is 13.8 Å². The molecule has 0 saturated heterocycles. The van der Waals surface area contributed by atoms with Crippen LogP contribution in [0.4, 0.5) is 0 Å². The summed E-state index contributed by atoms with van der Waals surface area (Å²) in [6.07, 6.45) is 0. The fourth-order valence-electron chi connectivity index (χ4n) is 1.05. The summed E-state index contributed by atoms with van der Waals surface area (Å²) in [5.74, 6) is -1.80. The maximum Gasteiger partial charge on any atom is 0.333 e. The Morgan fingerprint density at radius 2 is 1.81 bits per heavy atom. The summed E-state index contributed by atoms with van der Waals surface area (Å²) in [5, 5.41) is 8.61. The molecular weight excluding hydrogens is 298 g/mol. The van der Waals surface area contributed by atoms with Crippen molar-refractivity contribution in [3.63, 3.8) is 0 Å². The molecule has 0 bridgehead atoms. The number of carboxylic acid groups (broad SMARTS) is 1. The van der Waals surface area contributed by atoms with E-state index in [1.165, 1.54) is 18.7 Å². The standard InChI is InChI=1S/C13H21NO6S/c1-8(2)12(17)19-4-5-20-13(18)9(3)6-21-7-10(14)11(15)16/h9-10H,1,4-7,14H2,2-3H3,(H,15,16). The number of ether oxygens (including phenoxy) is 2. The van der Waals surface area contributed by atoms with Crippen LogP contribution in [0.5, 0.6) is 0 Å². The van der Waals surface area contributed by atoms with E-state index < -0.39 is 29.9 Å². The van der Waals surface area contributed by atoms with Gasteiger partial charge in [-0.3, -0.25) is 9.59 Å². The van der Waals surface area contributed by atoms with Crippen molar-refractivity contribution in [3.05, 3.63) is 12.2 Å². The van der Waals surface area contributed by atoms with Gasteiger partial charge in [0.05, 0.1) is 5.92 Å². The molecular formula is C13H21NO6S. The van der Waals surface area contributed by atoms with E-state index in [-0.39, 0.29) is 24.5 Å². The topological polar surface area (TPSA) is 116 Å². The third-order valence-electron chi connectivity index (χ3n) is 2.29. The SMILES string of the molecule is C=C(C)C(=O)OCCOC(=O)C(C)CSCC(N)C(=O)O. The van der Waals surface area contributed by atoms with Crippen molar-refractivity contribution in [2.75, 3.05) is 24.7 Å². The van der Waals surface area contributed by atoms with Gasteiger partial charge in [-0.1, -0.05) is 13.5 Å². The highest BCUT2D eigenvalue weighted by molar-refractivity contribution is 7.99. The molecule has 0 rings (SSSR count). The lowest BCUT2D eigenvalue weighted by Crippen LogP contribution is -2.33. The first-order chi connectivity index (χ1) is 9.75. The van der Waals surface area contributed by atoms with E-state index in [1.807, 2.05) is 0 Å². The molecule has 2 unspecified atom stereocenters. The summed E-state index contributed by atoms with van der Waals surface area (Å²) in [5.41, 5.74) is 5.62. The summed E-state index contributed by atoms with van der Waals surface area (Å²) in [4.78, 5) is 33.2. The molecule has 2 atom stereocenters. The minimum atomic E-state index is -1.07. The molecule has 0 fully saturated rings. The Bertz CT molecular complexity index is 398. The van der Waals surface area contributed by atoms with Gasteiger partial charge in [0.1, 0.15) is 19.3 Å². The monoisotopic (exact) mass is 319 g/mol. The van der Waals surface area contributed by atoms with E-state index in [1.54, 1.807) is 6.92 Å². The van der Waals surface area contributed by atoms with Gasteiger partial charge in [0.2, 0.25) is 0 Å². The normalized spacial score (nSPS) is 13.1. The largest absolute Gasteiger partial charge is 0.480 e. The molecule has 0 aliphatic carbocycles. The smallest absolute Gasteiger partial charge is 0.333 e. The third kappa shape index (κ3) is 9.09. The second-order valence-corrected chi connectivity index (χ2v) is 5.54. The average molecular weight is 319 g/mol. The molecule has 120 valence electrons. The molecule has 21 heavy (non-hydrogen) atoms. The predicted octanol–water partition coefficient (Wildman–Crippen LogP) is 0.430. The van der Waals surface area contributed by atoms with Gasteiger partial charge in [0.15, 0.2) is 0 Å². The summed E-state index contributed by atoms with van der Waals surface area (Å²) in [7, 11) is 0. The van der Waals surface area contributed by atoms with Crippen LogP contribution in [0, 0.1) is 5.92 Å². The number of esters is 2. The van der Waals surface area contributed by atoms with Crippen LogP contribution in [0.25, 0.3) is 0 Å². The van der Waals surface area contributed by atoms with Gasteiger partial charge in [-0.25, -0.2) is 4.79 Å². The fourth-order valence-corrected chi connectivity index (χ4v) is 2.08. The van der Waals surface area contributed by atoms with E-state index >= 15 is 0 Å². The van der Waals surface area contributed by atoms with Crippen molar-refractivity contribution in [1.82, 2.24) is 0 Å². The van der Waals surface area contributed by atoms with Crippen molar-refractivity contribution in [3.8, 4) is 0 Å². The van der Waals surface area contributed by atoms with Crippen molar-refractivity contribution in [2.45, 2.75) is 19.9 Å². The number of hydrogen-bond donors (Lipinski definition) is 2. The van der Waals surface area contributed by atoms with Crippen LogP contribution in [-0.2, 0) is 23.9 Å². The number of hydrogen-bond acceptors (Lipinski definition) is 7. The van der Waals surface area contributed by atoms with Crippen LogP contribution in [-0.4, -0.2) is 53.8 Å². The first kappa shape index (κ1) is 19.5. The molecule has 8 heteroatoms. The van der Waals surface area contributed by atoms with Gasteiger partial charge < -0.3 is 20.3 Å². The summed E-state index contributed by atoms with van der Waals surface area (Å²) < 4.78 is 9.70. The van der Waals surface area contributed by atoms with Gasteiger partial charge in [-0.15, -0.1) is 0 Å². The maximum atomic E-state index is 11.6. The highest BCUT2D eigenvalue weighted by atomic mass is 32.2. The van der Waals surface area contributed by atoms with E-state index in [4.69, 9.17) is 20.3 Å². The molecule has 0 radical (unpaired) electrons. The van der Waals surface area contributed by atoms with Crippen LogP contribution in [0.15, 0.2) is 12.2 Å². The number of carbonyl (C=O) groups excluding carboxylic acids is 2. The van der Waals surface area contributed by atoms with Gasteiger partial charge in [0, 0.05) is 17.1 Å². The molecule has 0 aromatic rings. The summed E-state index contributed by atoms with van der Waals surface area (Å²) in [6.45, 7) is 6.56. The Morgan fingerprint density at radius 1 is 1.24 bits per heavy atom. The third-order valence-corrected chi connectivity index (χ3v) is 3.62. The molecule has 0 aliphatic heterocycles. The minimum Gasteiger partial charge on any atom is -0.480 e. The lowest BCUT2D eigenvalue weighted by Gasteiger charge is -2.12. The highest BCUT2D eigenvalue weighted by Gasteiger charge is 2.17. The van der Waals surface area contributed by atoms with Gasteiger partial charge in [-0.05, 0) is 6.92 Å². The molecule has 3 N–H and O–H groups in total. The Morgan fingerprint density at radius 3 is 2.33 bits per heavy atom. The van der Waals surface area contributed by atoms with Crippen molar-refractivity contribution in [2.24, 2.45) is 11.7 Å². The molecule has 7 nitrogen and oxygen atoms in total. The van der Waals surface area contributed by atoms with Gasteiger partial charge in [-0.2, -0.15) is 11.8 Å². The van der Waals surface area contributed by atoms with Gasteiger partial charge >= 0.3 is 17.9 Å². The zero-order valence-corrected chi connectivity index (χ0v) is 13.0. The Labute approximate surface area is 127 Å². The van der Waals surface area contributed by atoms with E-state index in [2.05, 4.69) is 6.58 Å². The molecule has 0 amide bonds. The number of rotatable bonds is 10. The molecule has 0 saturated carbocycles. The van der Waals surface area contributed by atoms with Crippen LogP contribution in [0.3, 0.4) is 0 Å². The molecule has 0 heterocycles. The Balaban J connectivity index is 3.78. The lowest BCUT2D eigenvalue weighted by atomic mass is 10.2.